The highest BCUT2D eigenvalue weighted by atomic mass is 32.2. The number of aliphatic hydroxyl groups excluding tert-OH is 1. The summed E-state index contributed by atoms with van der Waals surface area (Å²) in [5.41, 5.74) is 1.22. The highest BCUT2D eigenvalue weighted by molar-refractivity contribution is 7.99. The third-order valence-corrected chi connectivity index (χ3v) is 5.93. The van der Waals surface area contributed by atoms with Crippen LogP contribution in [-0.4, -0.2) is 27.0 Å². The molecule has 2 heterocycles. The molecule has 0 aliphatic rings. The molecule has 0 saturated heterocycles. The summed E-state index contributed by atoms with van der Waals surface area (Å²) >= 11 is 3.02. The van der Waals surface area contributed by atoms with Crippen molar-refractivity contribution < 1.29 is 5.11 Å². The molecule has 0 fully saturated rings. The number of thiophene rings is 1. The Morgan fingerprint density at radius 3 is 2.79 bits per heavy atom. The highest BCUT2D eigenvalue weighted by Crippen LogP contribution is 2.25. The zero-order chi connectivity index (χ0) is 16.9. The fraction of sp³-hybridized carbons (Fsp3) is 0.333. The molecule has 2 aromatic heterocycles. The summed E-state index contributed by atoms with van der Waals surface area (Å²) in [6.07, 6.45) is 1.69. The molecule has 1 aromatic carbocycles. The van der Waals surface area contributed by atoms with E-state index in [9.17, 15) is 4.79 Å². The van der Waals surface area contributed by atoms with Gasteiger partial charge in [-0.25, -0.2) is 4.98 Å². The van der Waals surface area contributed by atoms with Crippen LogP contribution < -0.4 is 5.56 Å². The Bertz CT molecular complexity index is 872. The molecule has 126 valence electrons. The van der Waals surface area contributed by atoms with E-state index in [2.05, 4.69) is 24.0 Å². The van der Waals surface area contributed by atoms with E-state index in [4.69, 9.17) is 5.11 Å². The van der Waals surface area contributed by atoms with Gasteiger partial charge in [0.15, 0.2) is 5.16 Å². The third kappa shape index (κ3) is 3.71. The van der Waals surface area contributed by atoms with Crippen LogP contribution in [0, 0.1) is 0 Å². The SMILES string of the molecule is CCc1cc2c(=O)n(CCc3ccccc3)c(SCCO)nc2s1. The van der Waals surface area contributed by atoms with E-state index in [0.29, 0.717) is 22.8 Å². The Balaban J connectivity index is 1.98. The van der Waals surface area contributed by atoms with Gasteiger partial charge in [0, 0.05) is 17.2 Å². The largest absolute Gasteiger partial charge is 0.396 e. The molecule has 3 aromatic rings. The number of fused-ring (bicyclic) bond motifs is 1. The number of aliphatic hydroxyl groups is 1. The predicted molar refractivity (Wildman–Crippen MR) is 101 cm³/mol. The van der Waals surface area contributed by atoms with Crippen molar-refractivity contribution in [3.63, 3.8) is 0 Å². The van der Waals surface area contributed by atoms with Gasteiger partial charge in [0.05, 0.1) is 12.0 Å². The Hall–Kier alpha value is -1.63. The van der Waals surface area contributed by atoms with Gasteiger partial charge in [-0.1, -0.05) is 49.0 Å². The van der Waals surface area contributed by atoms with Gasteiger partial charge in [-0.3, -0.25) is 9.36 Å². The molecule has 0 unspecified atom stereocenters. The zero-order valence-corrected chi connectivity index (χ0v) is 15.2. The van der Waals surface area contributed by atoms with Crippen molar-refractivity contribution in [2.75, 3.05) is 12.4 Å². The minimum absolute atomic E-state index is 0.0207. The lowest BCUT2D eigenvalue weighted by atomic mass is 10.1. The second kappa shape index (κ2) is 7.96. The van der Waals surface area contributed by atoms with Gasteiger partial charge in [-0.2, -0.15) is 0 Å². The maximum atomic E-state index is 12.9. The van der Waals surface area contributed by atoms with E-state index in [1.807, 2.05) is 24.3 Å². The fourth-order valence-electron chi connectivity index (χ4n) is 2.55. The van der Waals surface area contributed by atoms with Crippen LogP contribution >= 0.6 is 23.1 Å². The summed E-state index contributed by atoms with van der Waals surface area (Å²) in [5.74, 6) is 0.537. The lowest BCUT2D eigenvalue weighted by Gasteiger charge is -2.11. The van der Waals surface area contributed by atoms with Crippen LogP contribution in [0.25, 0.3) is 10.2 Å². The highest BCUT2D eigenvalue weighted by Gasteiger charge is 2.14. The van der Waals surface area contributed by atoms with Gasteiger partial charge in [-0.05, 0) is 24.5 Å². The molecule has 0 aliphatic carbocycles. The summed E-state index contributed by atoms with van der Waals surface area (Å²) < 4.78 is 1.75. The molecule has 1 N–H and O–H groups in total. The first-order chi connectivity index (χ1) is 11.7. The summed E-state index contributed by atoms with van der Waals surface area (Å²) in [4.78, 5) is 19.6. The number of thioether (sulfide) groups is 1. The molecular formula is C18H20N2O2S2. The molecule has 0 bridgehead atoms. The maximum absolute atomic E-state index is 12.9. The molecule has 24 heavy (non-hydrogen) atoms. The van der Waals surface area contributed by atoms with Gasteiger partial charge >= 0.3 is 0 Å². The first-order valence-corrected chi connectivity index (χ1v) is 9.84. The first kappa shape index (κ1) is 17.2. The molecule has 4 nitrogen and oxygen atoms in total. The summed E-state index contributed by atoms with van der Waals surface area (Å²) in [5, 5.41) is 10.5. The third-order valence-electron chi connectivity index (χ3n) is 3.80. The Morgan fingerprint density at radius 2 is 2.08 bits per heavy atom. The van der Waals surface area contributed by atoms with Crippen molar-refractivity contribution in [3.8, 4) is 0 Å². The van der Waals surface area contributed by atoms with E-state index >= 15 is 0 Å². The molecule has 0 saturated carbocycles. The minimum atomic E-state index is 0.0207. The van der Waals surface area contributed by atoms with Crippen molar-refractivity contribution in [1.82, 2.24) is 9.55 Å². The van der Waals surface area contributed by atoms with E-state index in [1.165, 1.54) is 22.2 Å². The molecule has 6 heteroatoms. The smallest absolute Gasteiger partial charge is 0.262 e. The molecule has 0 amide bonds. The Morgan fingerprint density at radius 1 is 1.29 bits per heavy atom. The van der Waals surface area contributed by atoms with Crippen LogP contribution in [0.1, 0.15) is 17.4 Å². The molecule has 3 rings (SSSR count). The molecule has 0 spiro atoms. The van der Waals surface area contributed by atoms with Crippen LogP contribution in [0.2, 0.25) is 0 Å². The average molecular weight is 361 g/mol. The standard InChI is InChI=1S/C18H20N2O2S2/c1-2-14-12-15-16(24-14)19-18(23-11-10-21)20(17(15)22)9-8-13-6-4-3-5-7-13/h3-7,12,21H,2,8-11H2,1H3. The average Bonchev–Trinajstić information content (AvgIpc) is 3.03. The normalized spacial score (nSPS) is 11.2. The predicted octanol–water partition coefficient (Wildman–Crippen LogP) is 3.35. The van der Waals surface area contributed by atoms with Crippen LogP contribution in [0.5, 0.6) is 0 Å². The van der Waals surface area contributed by atoms with Crippen LogP contribution in [0.3, 0.4) is 0 Å². The van der Waals surface area contributed by atoms with Gasteiger partial charge in [-0.15, -0.1) is 11.3 Å². The number of aryl methyl sites for hydroxylation is 2. The van der Waals surface area contributed by atoms with Gasteiger partial charge < -0.3 is 5.11 Å². The summed E-state index contributed by atoms with van der Waals surface area (Å²) in [6, 6.07) is 12.1. The van der Waals surface area contributed by atoms with Crippen LogP contribution in [-0.2, 0) is 19.4 Å². The van der Waals surface area contributed by atoms with Crippen LogP contribution in [0.4, 0.5) is 0 Å². The first-order valence-electron chi connectivity index (χ1n) is 8.03. The lowest BCUT2D eigenvalue weighted by molar-refractivity contribution is 0.322. The van der Waals surface area contributed by atoms with Crippen molar-refractivity contribution in [2.45, 2.75) is 31.5 Å². The molecule has 0 radical (unpaired) electrons. The van der Waals surface area contributed by atoms with Gasteiger partial charge in [0.2, 0.25) is 0 Å². The number of hydrogen-bond donors (Lipinski definition) is 1. The Labute approximate surface area is 149 Å². The quantitative estimate of drug-likeness (QED) is 0.519. The Kier molecular flexibility index (Phi) is 5.71. The van der Waals surface area contributed by atoms with Gasteiger partial charge in [0.1, 0.15) is 4.83 Å². The van der Waals surface area contributed by atoms with E-state index in [1.54, 1.807) is 15.9 Å². The van der Waals surface area contributed by atoms with E-state index in [-0.39, 0.29) is 12.2 Å². The second-order valence-corrected chi connectivity index (χ2v) is 7.62. The van der Waals surface area contributed by atoms with Crippen molar-refractivity contribution in [3.05, 3.63) is 57.2 Å². The number of hydrogen-bond acceptors (Lipinski definition) is 5. The number of rotatable bonds is 7. The van der Waals surface area contributed by atoms with Gasteiger partial charge in [0.25, 0.3) is 5.56 Å². The van der Waals surface area contributed by atoms with Crippen molar-refractivity contribution in [2.24, 2.45) is 0 Å². The second-order valence-electron chi connectivity index (χ2n) is 5.44. The molecular weight excluding hydrogens is 340 g/mol. The summed E-state index contributed by atoms with van der Waals surface area (Å²) in [6.45, 7) is 2.75. The molecule has 0 aliphatic heterocycles. The van der Waals surface area contributed by atoms with Crippen molar-refractivity contribution in [1.29, 1.82) is 0 Å². The fourth-order valence-corrected chi connectivity index (χ4v) is 4.33. The van der Waals surface area contributed by atoms with E-state index < -0.39 is 0 Å². The summed E-state index contributed by atoms with van der Waals surface area (Å²) in [7, 11) is 0. The minimum Gasteiger partial charge on any atom is -0.396 e. The zero-order valence-electron chi connectivity index (χ0n) is 13.6. The maximum Gasteiger partial charge on any atom is 0.262 e. The number of aromatic nitrogens is 2. The van der Waals surface area contributed by atoms with Crippen LogP contribution in [0.15, 0.2) is 46.3 Å². The number of nitrogens with zero attached hydrogens (tertiary/aromatic N) is 2. The van der Waals surface area contributed by atoms with Crippen molar-refractivity contribution >= 4 is 33.3 Å². The molecule has 0 atom stereocenters. The number of benzene rings is 1. The van der Waals surface area contributed by atoms with E-state index in [0.717, 1.165) is 17.7 Å². The lowest BCUT2D eigenvalue weighted by Crippen LogP contribution is -2.24. The topological polar surface area (TPSA) is 55.1 Å². The monoisotopic (exact) mass is 360 g/mol.